The Balaban J connectivity index is 1.94. The van der Waals surface area contributed by atoms with Crippen LogP contribution >= 0.6 is 0 Å². The molecular formula is C14H22N2O3. The molecule has 0 aliphatic carbocycles. The number of fused-ring (bicyclic) bond motifs is 1. The summed E-state index contributed by atoms with van der Waals surface area (Å²) in [6, 6.07) is 4.32. The van der Waals surface area contributed by atoms with Crippen molar-refractivity contribution in [3.63, 3.8) is 0 Å². The maximum Gasteiger partial charge on any atom is 0.249 e. The van der Waals surface area contributed by atoms with Gasteiger partial charge in [-0.1, -0.05) is 0 Å². The molecule has 0 saturated heterocycles. The number of aryl methyl sites for hydroxylation is 1. The second kappa shape index (κ2) is 6.21. The van der Waals surface area contributed by atoms with E-state index in [9.17, 15) is 4.79 Å². The molecule has 2 rings (SSSR count). The number of aromatic nitrogens is 1. The van der Waals surface area contributed by atoms with Crippen LogP contribution in [-0.4, -0.2) is 48.8 Å². The standard InChI is InChI=1S/C14H22N2O3/c1-11-4-5-13-12(2)16(7-6-15(11)13)14(17)10-19-9-8-18-3/h4-5,12H,6-10H2,1-3H3. The van der Waals surface area contributed by atoms with Gasteiger partial charge in [-0.05, 0) is 26.0 Å². The molecule has 1 aliphatic heterocycles. The highest BCUT2D eigenvalue weighted by Crippen LogP contribution is 2.27. The van der Waals surface area contributed by atoms with Crippen LogP contribution in [0.3, 0.4) is 0 Å². The van der Waals surface area contributed by atoms with Gasteiger partial charge in [0.1, 0.15) is 6.61 Å². The molecule has 106 valence electrons. The summed E-state index contributed by atoms with van der Waals surface area (Å²) in [5.41, 5.74) is 2.46. The molecule has 0 saturated carbocycles. The zero-order chi connectivity index (χ0) is 13.8. The number of hydrogen-bond acceptors (Lipinski definition) is 3. The van der Waals surface area contributed by atoms with Crippen LogP contribution in [0.5, 0.6) is 0 Å². The topological polar surface area (TPSA) is 43.7 Å². The van der Waals surface area contributed by atoms with Crippen LogP contribution in [0.15, 0.2) is 12.1 Å². The first-order chi connectivity index (χ1) is 9.15. The molecule has 1 atom stereocenters. The molecule has 1 aromatic heterocycles. The highest BCUT2D eigenvalue weighted by Gasteiger charge is 2.28. The van der Waals surface area contributed by atoms with Gasteiger partial charge < -0.3 is 18.9 Å². The molecular weight excluding hydrogens is 244 g/mol. The Hall–Kier alpha value is -1.33. The number of amides is 1. The Labute approximate surface area is 114 Å². The molecule has 1 unspecified atom stereocenters. The van der Waals surface area contributed by atoms with Crippen molar-refractivity contribution in [2.45, 2.75) is 26.4 Å². The lowest BCUT2D eigenvalue weighted by atomic mass is 10.1. The number of carbonyl (C=O) groups is 1. The summed E-state index contributed by atoms with van der Waals surface area (Å²) in [6.07, 6.45) is 0. The first-order valence-corrected chi connectivity index (χ1v) is 6.67. The minimum Gasteiger partial charge on any atom is -0.382 e. The van der Waals surface area contributed by atoms with Crippen molar-refractivity contribution in [2.24, 2.45) is 0 Å². The number of rotatable bonds is 5. The van der Waals surface area contributed by atoms with Gasteiger partial charge in [0.25, 0.3) is 0 Å². The van der Waals surface area contributed by atoms with E-state index in [2.05, 4.69) is 30.5 Å². The summed E-state index contributed by atoms with van der Waals surface area (Å²) in [4.78, 5) is 14.0. The molecule has 1 aromatic rings. The minimum atomic E-state index is 0.0497. The van der Waals surface area contributed by atoms with Crippen LogP contribution in [0.25, 0.3) is 0 Å². The molecule has 1 aliphatic rings. The third-order valence-corrected chi connectivity index (χ3v) is 3.67. The largest absolute Gasteiger partial charge is 0.382 e. The molecule has 19 heavy (non-hydrogen) atoms. The molecule has 0 bridgehead atoms. The third-order valence-electron chi connectivity index (χ3n) is 3.67. The molecule has 0 fully saturated rings. The zero-order valence-electron chi connectivity index (χ0n) is 11.9. The summed E-state index contributed by atoms with van der Waals surface area (Å²) >= 11 is 0. The monoisotopic (exact) mass is 266 g/mol. The van der Waals surface area contributed by atoms with E-state index in [-0.39, 0.29) is 18.6 Å². The second-order valence-corrected chi connectivity index (χ2v) is 4.86. The predicted molar refractivity (Wildman–Crippen MR) is 72.0 cm³/mol. The van der Waals surface area contributed by atoms with E-state index in [1.165, 1.54) is 11.4 Å². The van der Waals surface area contributed by atoms with Crippen LogP contribution in [0.4, 0.5) is 0 Å². The van der Waals surface area contributed by atoms with Gasteiger partial charge in [-0.2, -0.15) is 0 Å². The van der Waals surface area contributed by atoms with Crippen molar-refractivity contribution in [3.05, 3.63) is 23.5 Å². The number of carbonyl (C=O) groups excluding carboxylic acids is 1. The van der Waals surface area contributed by atoms with Crippen molar-refractivity contribution in [3.8, 4) is 0 Å². The summed E-state index contributed by atoms with van der Waals surface area (Å²) in [5.74, 6) is 0.0497. The summed E-state index contributed by atoms with van der Waals surface area (Å²) in [6.45, 7) is 6.88. The normalized spacial score (nSPS) is 18.5. The Kier molecular flexibility index (Phi) is 4.61. The fraction of sp³-hybridized carbons (Fsp3) is 0.643. The zero-order valence-corrected chi connectivity index (χ0v) is 11.9. The van der Waals surface area contributed by atoms with Crippen molar-refractivity contribution >= 4 is 5.91 Å². The van der Waals surface area contributed by atoms with Gasteiger partial charge in [-0.25, -0.2) is 0 Å². The Morgan fingerprint density at radius 1 is 1.37 bits per heavy atom. The second-order valence-electron chi connectivity index (χ2n) is 4.86. The fourth-order valence-corrected chi connectivity index (χ4v) is 2.55. The van der Waals surface area contributed by atoms with Crippen molar-refractivity contribution in [1.29, 1.82) is 0 Å². The van der Waals surface area contributed by atoms with Gasteiger partial charge in [0, 0.05) is 31.6 Å². The average molecular weight is 266 g/mol. The van der Waals surface area contributed by atoms with E-state index in [1.54, 1.807) is 7.11 Å². The number of ether oxygens (including phenoxy) is 2. The highest BCUT2D eigenvalue weighted by atomic mass is 16.5. The molecule has 5 nitrogen and oxygen atoms in total. The average Bonchev–Trinajstić information content (AvgIpc) is 2.78. The van der Waals surface area contributed by atoms with Gasteiger partial charge >= 0.3 is 0 Å². The molecule has 0 radical (unpaired) electrons. The first-order valence-electron chi connectivity index (χ1n) is 6.67. The van der Waals surface area contributed by atoms with Crippen LogP contribution in [0.2, 0.25) is 0 Å². The predicted octanol–water partition coefficient (Wildman–Crippen LogP) is 1.36. The summed E-state index contributed by atoms with van der Waals surface area (Å²) < 4.78 is 12.5. The molecule has 0 N–H and O–H groups in total. The van der Waals surface area contributed by atoms with Crippen molar-refractivity contribution in [1.82, 2.24) is 9.47 Å². The highest BCUT2D eigenvalue weighted by molar-refractivity contribution is 5.78. The van der Waals surface area contributed by atoms with E-state index >= 15 is 0 Å². The fourth-order valence-electron chi connectivity index (χ4n) is 2.55. The lowest BCUT2D eigenvalue weighted by Gasteiger charge is -2.35. The van der Waals surface area contributed by atoms with E-state index in [1.807, 2.05) is 4.90 Å². The maximum atomic E-state index is 12.1. The van der Waals surface area contributed by atoms with Crippen molar-refractivity contribution < 1.29 is 14.3 Å². The lowest BCUT2D eigenvalue weighted by Crippen LogP contribution is -2.42. The lowest BCUT2D eigenvalue weighted by molar-refractivity contribution is -0.139. The van der Waals surface area contributed by atoms with E-state index < -0.39 is 0 Å². The molecule has 0 aromatic carbocycles. The number of hydrogen-bond donors (Lipinski definition) is 0. The SMILES string of the molecule is COCCOCC(=O)N1CCn2c(C)ccc2C1C. The van der Waals surface area contributed by atoms with Crippen molar-refractivity contribution in [2.75, 3.05) is 33.5 Å². The Bertz CT molecular complexity index is 442. The quantitative estimate of drug-likeness (QED) is 0.756. The van der Waals surface area contributed by atoms with Gasteiger partial charge in [0.15, 0.2) is 0 Å². The Morgan fingerprint density at radius 2 is 2.16 bits per heavy atom. The smallest absolute Gasteiger partial charge is 0.249 e. The molecule has 5 heteroatoms. The van der Waals surface area contributed by atoms with Crippen LogP contribution in [0, 0.1) is 6.92 Å². The van der Waals surface area contributed by atoms with Gasteiger partial charge in [0.2, 0.25) is 5.91 Å². The molecule has 1 amide bonds. The molecule has 0 spiro atoms. The molecule has 2 heterocycles. The van der Waals surface area contributed by atoms with E-state index in [0.29, 0.717) is 13.2 Å². The first kappa shape index (κ1) is 14.1. The van der Waals surface area contributed by atoms with E-state index in [4.69, 9.17) is 9.47 Å². The number of methoxy groups -OCH3 is 1. The Morgan fingerprint density at radius 3 is 2.89 bits per heavy atom. The minimum absolute atomic E-state index is 0.0497. The summed E-state index contributed by atoms with van der Waals surface area (Å²) in [5, 5.41) is 0. The van der Waals surface area contributed by atoms with Gasteiger partial charge in [-0.3, -0.25) is 4.79 Å². The third kappa shape index (κ3) is 2.98. The van der Waals surface area contributed by atoms with Crippen LogP contribution in [-0.2, 0) is 20.8 Å². The van der Waals surface area contributed by atoms with Gasteiger partial charge in [-0.15, -0.1) is 0 Å². The number of nitrogens with zero attached hydrogens (tertiary/aromatic N) is 2. The summed E-state index contributed by atoms with van der Waals surface area (Å²) in [7, 11) is 1.62. The van der Waals surface area contributed by atoms with Crippen LogP contribution < -0.4 is 0 Å². The van der Waals surface area contributed by atoms with Gasteiger partial charge in [0.05, 0.1) is 19.3 Å². The maximum absolute atomic E-state index is 12.1. The van der Waals surface area contributed by atoms with E-state index in [0.717, 1.165) is 13.1 Å². The van der Waals surface area contributed by atoms with Crippen LogP contribution in [0.1, 0.15) is 24.4 Å².